The number of amides is 2. The average Bonchev–Trinajstić information content (AvgIpc) is 3.13. The van der Waals surface area contributed by atoms with Crippen molar-refractivity contribution in [1.82, 2.24) is 10.2 Å². The number of ether oxygens (including phenoxy) is 1. The Hall–Kier alpha value is -2.55. The predicted molar refractivity (Wildman–Crippen MR) is 98.0 cm³/mol. The highest BCUT2D eigenvalue weighted by Crippen LogP contribution is 2.30. The molecule has 0 aliphatic carbocycles. The minimum absolute atomic E-state index is 0.0270. The quantitative estimate of drug-likeness (QED) is 0.793. The van der Waals surface area contributed by atoms with Crippen LogP contribution in [0, 0.1) is 0 Å². The number of carbonyl (C=O) groups is 2. The van der Waals surface area contributed by atoms with E-state index in [0.29, 0.717) is 13.1 Å². The van der Waals surface area contributed by atoms with E-state index in [2.05, 4.69) is 5.32 Å². The van der Waals surface area contributed by atoms with Crippen molar-refractivity contribution in [2.75, 3.05) is 19.7 Å². The molecule has 2 heterocycles. The molecule has 150 valence electrons. The van der Waals surface area contributed by atoms with E-state index < -0.39 is 17.6 Å². The second-order valence-corrected chi connectivity index (χ2v) is 7.35. The maximum Gasteiger partial charge on any atom is 0.416 e. The largest absolute Gasteiger partial charge is 0.484 e. The van der Waals surface area contributed by atoms with Gasteiger partial charge in [0.05, 0.1) is 5.56 Å². The summed E-state index contributed by atoms with van der Waals surface area (Å²) in [5.41, 5.74) is 0.397. The Morgan fingerprint density at radius 2 is 1.93 bits per heavy atom. The third kappa shape index (κ3) is 5.25. The third-order valence-electron chi connectivity index (χ3n) is 4.37. The molecule has 1 aliphatic rings. The van der Waals surface area contributed by atoms with Gasteiger partial charge in [-0.3, -0.25) is 9.59 Å². The number of thiophene rings is 1. The fourth-order valence-electron chi connectivity index (χ4n) is 2.87. The van der Waals surface area contributed by atoms with Crippen LogP contribution in [0.3, 0.4) is 0 Å². The Morgan fingerprint density at radius 1 is 1.18 bits per heavy atom. The molecule has 1 aromatic carbocycles. The summed E-state index contributed by atoms with van der Waals surface area (Å²) in [7, 11) is 0. The van der Waals surface area contributed by atoms with Crippen LogP contribution >= 0.6 is 11.3 Å². The molecule has 1 aliphatic heterocycles. The molecule has 1 N–H and O–H groups in total. The van der Waals surface area contributed by atoms with Gasteiger partial charge in [-0.2, -0.15) is 13.2 Å². The van der Waals surface area contributed by atoms with Crippen LogP contribution in [0.1, 0.15) is 22.4 Å². The van der Waals surface area contributed by atoms with Gasteiger partial charge < -0.3 is 15.0 Å². The van der Waals surface area contributed by atoms with Crippen molar-refractivity contribution >= 4 is 23.2 Å². The summed E-state index contributed by atoms with van der Waals surface area (Å²) in [4.78, 5) is 27.1. The Morgan fingerprint density at radius 3 is 2.64 bits per heavy atom. The number of benzene rings is 1. The molecule has 9 heteroatoms. The molecule has 0 fully saturated rings. The van der Waals surface area contributed by atoms with Gasteiger partial charge in [0, 0.05) is 30.9 Å². The minimum Gasteiger partial charge on any atom is -0.484 e. The zero-order valence-corrected chi connectivity index (χ0v) is 15.7. The number of alkyl halides is 3. The van der Waals surface area contributed by atoms with E-state index in [0.717, 1.165) is 30.7 Å². The van der Waals surface area contributed by atoms with Gasteiger partial charge in [-0.25, -0.2) is 0 Å². The summed E-state index contributed by atoms with van der Waals surface area (Å²) in [6.07, 6.45) is -3.38. The van der Waals surface area contributed by atoms with Gasteiger partial charge in [-0.1, -0.05) is 0 Å². The van der Waals surface area contributed by atoms with Crippen LogP contribution in [0.4, 0.5) is 13.2 Å². The van der Waals surface area contributed by atoms with Gasteiger partial charge in [-0.05, 0) is 47.7 Å². The van der Waals surface area contributed by atoms with Crippen molar-refractivity contribution in [3.05, 3.63) is 51.7 Å². The lowest BCUT2D eigenvalue weighted by Gasteiger charge is -2.27. The van der Waals surface area contributed by atoms with E-state index in [1.54, 1.807) is 16.2 Å². The molecule has 2 amide bonds. The van der Waals surface area contributed by atoms with Crippen molar-refractivity contribution in [2.24, 2.45) is 0 Å². The number of hydrogen-bond acceptors (Lipinski definition) is 4. The van der Waals surface area contributed by atoms with E-state index in [4.69, 9.17) is 4.74 Å². The van der Waals surface area contributed by atoms with E-state index in [1.807, 2.05) is 11.4 Å². The molecule has 1 aromatic heterocycles. The molecule has 0 radical (unpaired) electrons. The van der Waals surface area contributed by atoms with E-state index in [1.165, 1.54) is 10.4 Å². The van der Waals surface area contributed by atoms with Crippen LogP contribution in [0.5, 0.6) is 5.75 Å². The Bertz CT molecular complexity index is 834. The van der Waals surface area contributed by atoms with E-state index in [-0.39, 0.29) is 31.2 Å². The molecule has 0 spiro atoms. The van der Waals surface area contributed by atoms with Crippen molar-refractivity contribution in [3.63, 3.8) is 0 Å². The molecule has 0 saturated heterocycles. The zero-order chi connectivity index (χ0) is 20.1. The van der Waals surface area contributed by atoms with Crippen molar-refractivity contribution in [3.8, 4) is 5.75 Å². The van der Waals surface area contributed by atoms with Gasteiger partial charge >= 0.3 is 6.18 Å². The SMILES string of the molecule is O=C(COc1ccc(C(F)(F)F)cc1)NCCC(=O)N1CCc2sccc2C1. The minimum atomic E-state index is -4.41. The first-order valence-electron chi connectivity index (χ1n) is 8.73. The van der Waals surface area contributed by atoms with Crippen LogP contribution < -0.4 is 10.1 Å². The fourth-order valence-corrected chi connectivity index (χ4v) is 3.76. The lowest BCUT2D eigenvalue weighted by atomic mass is 10.1. The lowest BCUT2D eigenvalue weighted by molar-refractivity contribution is -0.137. The van der Waals surface area contributed by atoms with E-state index >= 15 is 0 Å². The summed E-state index contributed by atoms with van der Waals surface area (Å²) >= 11 is 1.70. The lowest BCUT2D eigenvalue weighted by Crippen LogP contribution is -2.38. The molecular formula is C19H19F3N2O3S. The van der Waals surface area contributed by atoms with Crippen LogP contribution in [0.2, 0.25) is 0 Å². The van der Waals surface area contributed by atoms with Crippen LogP contribution in [0.25, 0.3) is 0 Å². The van der Waals surface area contributed by atoms with Crippen molar-refractivity contribution in [2.45, 2.75) is 25.6 Å². The molecule has 3 rings (SSSR count). The number of nitrogens with zero attached hydrogens (tertiary/aromatic N) is 1. The Balaban J connectivity index is 1.36. The van der Waals surface area contributed by atoms with Gasteiger partial charge in [0.2, 0.25) is 5.91 Å². The number of hydrogen-bond donors (Lipinski definition) is 1. The van der Waals surface area contributed by atoms with Gasteiger partial charge in [0.25, 0.3) is 5.91 Å². The number of halogens is 3. The molecule has 0 saturated carbocycles. The zero-order valence-electron chi connectivity index (χ0n) is 14.9. The molecule has 28 heavy (non-hydrogen) atoms. The molecule has 2 aromatic rings. The van der Waals surface area contributed by atoms with Gasteiger partial charge in [0.15, 0.2) is 6.61 Å². The third-order valence-corrected chi connectivity index (χ3v) is 5.40. The summed E-state index contributed by atoms with van der Waals surface area (Å²) < 4.78 is 42.6. The number of carbonyl (C=O) groups excluding carboxylic acids is 2. The van der Waals surface area contributed by atoms with Gasteiger partial charge in [0.1, 0.15) is 5.75 Å². The maximum atomic E-state index is 12.5. The second-order valence-electron chi connectivity index (χ2n) is 6.35. The van der Waals surface area contributed by atoms with Crippen molar-refractivity contribution < 1.29 is 27.5 Å². The van der Waals surface area contributed by atoms with E-state index in [9.17, 15) is 22.8 Å². The molecular weight excluding hydrogens is 393 g/mol. The highest BCUT2D eigenvalue weighted by molar-refractivity contribution is 7.10. The summed E-state index contributed by atoms with van der Waals surface area (Å²) in [6.45, 7) is 1.13. The fraction of sp³-hybridized carbons (Fsp3) is 0.368. The standard InChI is InChI=1S/C19H19F3N2O3S/c20-19(21,22)14-1-3-15(4-2-14)27-12-17(25)23-8-5-18(26)24-9-6-16-13(11-24)7-10-28-16/h1-4,7,10H,5-6,8-9,11-12H2,(H,23,25). The Kier molecular flexibility index (Phi) is 6.23. The second kappa shape index (κ2) is 8.64. The smallest absolute Gasteiger partial charge is 0.416 e. The summed E-state index contributed by atoms with van der Waals surface area (Å²) in [5.74, 6) is -0.300. The highest BCUT2D eigenvalue weighted by atomic mass is 32.1. The molecule has 0 unspecified atom stereocenters. The average molecular weight is 412 g/mol. The number of fused-ring (bicyclic) bond motifs is 1. The van der Waals surface area contributed by atoms with Crippen molar-refractivity contribution in [1.29, 1.82) is 0 Å². The molecule has 0 atom stereocenters. The first kappa shape index (κ1) is 20.2. The molecule has 0 bridgehead atoms. The topological polar surface area (TPSA) is 58.6 Å². The normalized spacial score (nSPS) is 13.8. The highest BCUT2D eigenvalue weighted by Gasteiger charge is 2.30. The first-order chi connectivity index (χ1) is 13.3. The summed E-state index contributed by atoms with van der Waals surface area (Å²) in [6, 6.07) is 6.13. The first-order valence-corrected chi connectivity index (χ1v) is 9.60. The summed E-state index contributed by atoms with van der Waals surface area (Å²) in [5, 5.41) is 4.61. The monoisotopic (exact) mass is 412 g/mol. The maximum absolute atomic E-state index is 12.5. The Labute approximate surface area is 164 Å². The van der Waals surface area contributed by atoms with Gasteiger partial charge in [-0.15, -0.1) is 11.3 Å². The number of rotatable bonds is 6. The predicted octanol–water partition coefficient (Wildman–Crippen LogP) is 3.24. The van der Waals surface area contributed by atoms with Crippen LogP contribution in [-0.2, 0) is 28.7 Å². The molecule has 5 nitrogen and oxygen atoms in total. The van der Waals surface area contributed by atoms with Crippen LogP contribution in [-0.4, -0.2) is 36.4 Å². The van der Waals surface area contributed by atoms with Crippen LogP contribution in [0.15, 0.2) is 35.7 Å². The number of nitrogens with one attached hydrogen (secondary N) is 1.